The number of pyridine rings is 1. The standard InChI is InChI=1S/C20H24N2O2/c23-19-11-13-21(18-10-4-2-8-16(18)19)14-20(24)22-12-5-7-15-6-1-3-9-17(15)22/h2,4,8,10-11,13,15,17H,1,3,5-7,9,12,14H2/t15-,17-/m1/s1. The highest BCUT2D eigenvalue weighted by Gasteiger charge is 2.35. The Morgan fingerprint density at radius 1 is 1.04 bits per heavy atom. The van der Waals surface area contributed by atoms with Crippen molar-refractivity contribution in [1.82, 2.24) is 9.47 Å². The lowest BCUT2D eigenvalue weighted by molar-refractivity contribution is -0.138. The SMILES string of the molecule is O=C(Cn1ccc(=O)c2ccccc21)N1CCC[C@H]2CCCC[C@H]21. The molecule has 0 spiro atoms. The van der Waals surface area contributed by atoms with Gasteiger partial charge >= 0.3 is 0 Å². The van der Waals surface area contributed by atoms with Crippen molar-refractivity contribution < 1.29 is 4.79 Å². The van der Waals surface area contributed by atoms with Gasteiger partial charge in [0, 0.05) is 30.2 Å². The molecule has 2 fully saturated rings. The Hall–Kier alpha value is -2.10. The average Bonchev–Trinajstić information content (AvgIpc) is 2.64. The normalized spacial score (nSPS) is 23.9. The van der Waals surface area contributed by atoms with Crippen molar-refractivity contribution in [2.75, 3.05) is 6.54 Å². The molecule has 2 aromatic rings. The van der Waals surface area contributed by atoms with Crippen molar-refractivity contribution in [3.8, 4) is 0 Å². The molecule has 1 saturated heterocycles. The second-order valence-corrected chi connectivity index (χ2v) is 7.17. The fraction of sp³-hybridized carbons (Fsp3) is 0.500. The van der Waals surface area contributed by atoms with E-state index in [0.29, 0.717) is 23.9 Å². The van der Waals surface area contributed by atoms with Crippen LogP contribution in [0.25, 0.3) is 10.9 Å². The maximum atomic E-state index is 13.0. The van der Waals surface area contributed by atoms with Crippen molar-refractivity contribution in [2.24, 2.45) is 5.92 Å². The summed E-state index contributed by atoms with van der Waals surface area (Å²) in [6.45, 7) is 1.21. The number of piperidine rings is 1. The Morgan fingerprint density at radius 3 is 2.75 bits per heavy atom. The van der Waals surface area contributed by atoms with E-state index in [9.17, 15) is 9.59 Å². The van der Waals surface area contributed by atoms with E-state index in [1.165, 1.54) is 25.7 Å². The molecule has 0 unspecified atom stereocenters. The smallest absolute Gasteiger partial charge is 0.242 e. The third-order valence-electron chi connectivity index (χ3n) is 5.75. The van der Waals surface area contributed by atoms with Gasteiger partial charge in [-0.05, 0) is 43.7 Å². The number of amides is 1. The average molecular weight is 324 g/mol. The molecule has 126 valence electrons. The second kappa shape index (κ2) is 6.42. The maximum absolute atomic E-state index is 13.0. The molecule has 0 radical (unpaired) electrons. The molecule has 1 amide bonds. The molecule has 1 aromatic heterocycles. The zero-order valence-corrected chi connectivity index (χ0v) is 14.0. The fourth-order valence-corrected chi connectivity index (χ4v) is 4.57. The van der Waals surface area contributed by atoms with Gasteiger partial charge in [-0.2, -0.15) is 0 Å². The first-order valence-electron chi connectivity index (χ1n) is 9.12. The van der Waals surface area contributed by atoms with Crippen LogP contribution in [0, 0.1) is 5.92 Å². The van der Waals surface area contributed by atoms with Gasteiger partial charge in [-0.15, -0.1) is 0 Å². The van der Waals surface area contributed by atoms with Crippen LogP contribution >= 0.6 is 0 Å². The molecule has 2 atom stereocenters. The first-order valence-corrected chi connectivity index (χ1v) is 9.12. The van der Waals surface area contributed by atoms with Crippen LogP contribution < -0.4 is 5.43 Å². The molecule has 0 N–H and O–H groups in total. The number of benzene rings is 1. The van der Waals surface area contributed by atoms with E-state index in [4.69, 9.17) is 0 Å². The molecule has 4 rings (SSSR count). The lowest BCUT2D eigenvalue weighted by Gasteiger charge is -2.44. The van der Waals surface area contributed by atoms with Gasteiger partial charge in [-0.1, -0.05) is 25.0 Å². The fourth-order valence-electron chi connectivity index (χ4n) is 4.57. The van der Waals surface area contributed by atoms with E-state index in [1.54, 1.807) is 12.3 Å². The van der Waals surface area contributed by atoms with Crippen LogP contribution in [0.5, 0.6) is 0 Å². The van der Waals surface area contributed by atoms with Crippen molar-refractivity contribution in [3.05, 3.63) is 46.8 Å². The monoisotopic (exact) mass is 324 g/mol. The van der Waals surface area contributed by atoms with Gasteiger partial charge in [0.05, 0.1) is 5.52 Å². The van der Waals surface area contributed by atoms with E-state index >= 15 is 0 Å². The Kier molecular flexibility index (Phi) is 4.13. The summed E-state index contributed by atoms with van der Waals surface area (Å²) in [6, 6.07) is 9.54. The first kappa shape index (κ1) is 15.4. The minimum Gasteiger partial charge on any atom is -0.338 e. The molecular weight excluding hydrogens is 300 g/mol. The summed E-state index contributed by atoms with van der Waals surface area (Å²) in [5, 5.41) is 0.682. The number of fused-ring (bicyclic) bond motifs is 2. The maximum Gasteiger partial charge on any atom is 0.242 e. The Labute approximate surface area is 142 Å². The summed E-state index contributed by atoms with van der Waals surface area (Å²) in [5.41, 5.74) is 0.857. The third-order valence-corrected chi connectivity index (χ3v) is 5.75. The summed E-state index contributed by atoms with van der Waals surface area (Å²) in [5.74, 6) is 0.891. The lowest BCUT2D eigenvalue weighted by Crippen LogP contribution is -2.50. The lowest BCUT2D eigenvalue weighted by atomic mass is 9.78. The van der Waals surface area contributed by atoms with Gasteiger partial charge in [-0.25, -0.2) is 0 Å². The van der Waals surface area contributed by atoms with Crippen LogP contribution in [0.15, 0.2) is 41.3 Å². The summed E-state index contributed by atoms with van der Waals surface area (Å²) >= 11 is 0. The van der Waals surface area contributed by atoms with Gasteiger partial charge < -0.3 is 9.47 Å². The predicted octanol–water partition coefficient (Wildman–Crippen LogP) is 3.18. The number of hydrogen-bond acceptors (Lipinski definition) is 2. The van der Waals surface area contributed by atoms with Crippen molar-refractivity contribution in [3.63, 3.8) is 0 Å². The largest absolute Gasteiger partial charge is 0.338 e. The van der Waals surface area contributed by atoms with E-state index in [0.717, 1.165) is 24.9 Å². The topological polar surface area (TPSA) is 42.3 Å². The molecule has 1 aromatic carbocycles. The van der Waals surface area contributed by atoms with Crippen molar-refractivity contribution in [1.29, 1.82) is 0 Å². The van der Waals surface area contributed by atoms with Crippen molar-refractivity contribution >= 4 is 16.8 Å². The molecule has 24 heavy (non-hydrogen) atoms. The minimum absolute atomic E-state index is 0.0135. The van der Waals surface area contributed by atoms with E-state index in [1.807, 2.05) is 28.8 Å². The van der Waals surface area contributed by atoms with E-state index in [-0.39, 0.29) is 11.3 Å². The van der Waals surface area contributed by atoms with Crippen LogP contribution in [-0.4, -0.2) is 28.0 Å². The molecule has 4 nitrogen and oxygen atoms in total. The first-order chi connectivity index (χ1) is 11.7. The van der Waals surface area contributed by atoms with Crippen LogP contribution in [0.4, 0.5) is 0 Å². The molecule has 1 aliphatic carbocycles. The molecular formula is C20H24N2O2. The highest BCUT2D eigenvalue weighted by molar-refractivity contribution is 5.82. The summed E-state index contributed by atoms with van der Waals surface area (Å²) in [6.07, 6.45) is 9.13. The number of para-hydroxylation sites is 1. The summed E-state index contributed by atoms with van der Waals surface area (Å²) < 4.78 is 1.92. The number of rotatable bonds is 2. The minimum atomic E-state index is 0.0135. The zero-order valence-electron chi connectivity index (χ0n) is 14.0. The van der Waals surface area contributed by atoms with Gasteiger partial charge in [0.2, 0.25) is 5.91 Å². The van der Waals surface area contributed by atoms with Crippen molar-refractivity contribution in [2.45, 2.75) is 51.1 Å². The molecule has 1 saturated carbocycles. The van der Waals surface area contributed by atoms with Crippen LogP contribution in [-0.2, 0) is 11.3 Å². The number of carbonyl (C=O) groups is 1. The van der Waals surface area contributed by atoms with E-state index < -0.39 is 0 Å². The van der Waals surface area contributed by atoms with E-state index in [2.05, 4.69) is 4.90 Å². The highest BCUT2D eigenvalue weighted by Crippen LogP contribution is 2.35. The zero-order chi connectivity index (χ0) is 16.5. The molecule has 1 aliphatic heterocycles. The predicted molar refractivity (Wildman–Crippen MR) is 94.9 cm³/mol. The third kappa shape index (κ3) is 2.74. The van der Waals surface area contributed by atoms with Gasteiger partial charge in [0.25, 0.3) is 0 Å². The highest BCUT2D eigenvalue weighted by atomic mass is 16.2. The van der Waals surface area contributed by atoms with Gasteiger partial charge in [-0.3, -0.25) is 9.59 Å². The van der Waals surface area contributed by atoms with Gasteiger partial charge in [0.15, 0.2) is 5.43 Å². The number of aromatic nitrogens is 1. The summed E-state index contributed by atoms with van der Waals surface area (Å²) in [4.78, 5) is 27.1. The van der Waals surface area contributed by atoms with Crippen LogP contribution in [0.3, 0.4) is 0 Å². The Bertz CT molecular complexity index is 809. The molecule has 2 aliphatic rings. The van der Waals surface area contributed by atoms with Gasteiger partial charge in [0.1, 0.15) is 6.54 Å². The number of likely N-dealkylation sites (tertiary alicyclic amines) is 1. The number of hydrogen-bond donors (Lipinski definition) is 0. The molecule has 2 heterocycles. The summed E-state index contributed by atoms with van der Waals surface area (Å²) in [7, 11) is 0. The molecule has 0 bridgehead atoms. The molecule has 4 heteroatoms. The van der Waals surface area contributed by atoms with Crippen LogP contribution in [0.2, 0.25) is 0 Å². The Morgan fingerprint density at radius 2 is 1.83 bits per heavy atom. The Balaban J connectivity index is 1.60. The number of carbonyl (C=O) groups excluding carboxylic acids is 1. The number of nitrogens with zero attached hydrogens (tertiary/aromatic N) is 2. The van der Waals surface area contributed by atoms with Crippen LogP contribution in [0.1, 0.15) is 38.5 Å². The second-order valence-electron chi connectivity index (χ2n) is 7.17. The quantitative estimate of drug-likeness (QED) is 0.851.